The summed E-state index contributed by atoms with van der Waals surface area (Å²) in [5.74, 6) is -0.595. The van der Waals surface area contributed by atoms with Gasteiger partial charge in [-0.3, -0.25) is 14.2 Å². The monoisotopic (exact) mass is 569 g/mol. The quantitative estimate of drug-likeness (QED) is 0.247. The summed E-state index contributed by atoms with van der Waals surface area (Å²) in [6, 6.07) is 23.2. The SMILES string of the molecule is Cc1ccc(NS(=O)(=O)c2ccc(NC(=O)c3ccc(Cl)c(S(=O)(=O)Nc4cccc(C)c4)c3)cc2)cc1. The Kier molecular flexibility index (Phi) is 7.77. The summed E-state index contributed by atoms with van der Waals surface area (Å²) < 4.78 is 56.2. The maximum atomic E-state index is 13.0. The first kappa shape index (κ1) is 27.2. The summed E-state index contributed by atoms with van der Waals surface area (Å²) in [5, 5.41) is 2.59. The molecule has 0 saturated heterocycles. The zero-order valence-corrected chi connectivity index (χ0v) is 22.8. The summed E-state index contributed by atoms with van der Waals surface area (Å²) >= 11 is 6.16. The predicted octanol–water partition coefficient (Wildman–Crippen LogP) is 5.81. The zero-order valence-electron chi connectivity index (χ0n) is 20.4. The fraction of sp³-hybridized carbons (Fsp3) is 0.0741. The van der Waals surface area contributed by atoms with Gasteiger partial charge in [0.2, 0.25) is 0 Å². The van der Waals surface area contributed by atoms with E-state index in [1.54, 1.807) is 42.5 Å². The smallest absolute Gasteiger partial charge is 0.263 e. The van der Waals surface area contributed by atoms with Gasteiger partial charge in [-0.05, 0) is 86.1 Å². The lowest BCUT2D eigenvalue weighted by Gasteiger charge is -2.12. The van der Waals surface area contributed by atoms with Gasteiger partial charge in [0.05, 0.1) is 9.92 Å². The van der Waals surface area contributed by atoms with Crippen LogP contribution in [0.15, 0.2) is 101 Å². The summed E-state index contributed by atoms with van der Waals surface area (Å²) in [6.45, 7) is 3.73. The molecule has 0 heterocycles. The maximum absolute atomic E-state index is 13.0. The zero-order chi connectivity index (χ0) is 27.5. The third kappa shape index (κ3) is 6.52. The van der Waals surface area contributed by atoms with Crippen LogP contribution in [0, 0.1) is 13.8 Å². The van der Waals surface area contributed by atoms with Crippen molar-refractivity contribution >= 4 is 54.6 Å². The van der Waals surface area contributed by atoms with Gasteiger partial charge in [0.15, 0.2) is 0 Å². The van der Waals surface area contributed by atoms with Gasteiger partial charge in [-0.2, -0.15) is 0 Å². The molecule has 4 aromatic rings. The molecule has 0 unspecified atom stereocenters. The molecule has 3 N–H and O–H groups in total. The molecule has 8 nitrogen and oxygen atoms in total. The van der Waals surface area contributed by atoms with Crippen molar-refractivity contribution in [2.75, 3.05) is 14.8 Å². The van der Waals surface area contributed by atoms with Gasteiger partial charge in [0.25, 0.3) is 26.0 Å². The van der Waals surface area contributed by atoms with Gasteiger partial charge < -0.3 is 5.32 Å². The lowest BCUT2D eigenvalue weighted by Crippen LogP contribution is -2.17. The van der Waals surface area contributed by atoms with Crippen LogP contribution >= 0.6 is 11.6 Å². The molecule has 0 fully saturated rings. The summed E-state index contributed by atoms with van der Waals surface area (Å²) in [5.41, 5.74) is 3.04. The molecule has 0 aliphatic rings. The Hall–Kier alpha value is -3.86. The largest absolute Gasteiger partial charge is 0.322 e. The van der Waals surface area contributed by atoms with Crippen molar-refractivity contribution in [1.29, 1.82) is 0 Å². The minimum Gasteiger partial charge on any atom is -0.322 e. The highest BCUT2D eigenvalue weighted by Crippen LogP contribution is 2.26. The first-order chi connectivity index (χ1) is 17.9. The first-order valence-corrected chi connectivity index (χ1v) is 14.7. The second-order valence-corrected chi connectivity index (χ2v) is 12.3. The lowest BCUT2D eigenvalue weighted by molar-refractivity contribution is 0.102. The molecular weight excluding hydrogens is 546 g/mol. The molecule has 4 rings (SSSR count). The molecular formula is C27H24ClN3O5S2. The van der Waals surface area contributed by atoms with Crippen molar-refractivity contribution < 1.29 is 21.6 Å². The number of benzene rings is 4. The van der Waals surface area contributed by atoms with Gasteiger partial charge in [-0.25, -0.2) is 16.8 Å². The van der Waals surface area contributed by atoms with Crippen molar-refractivity contribution in [2.45, 2.75) is 23.6 Å². The van der Waals surface area contributed by atoms with Gasteiger partial charge in [0, 0.05) is 22.6 Å². The van der Waals surface area contributed by atoms with E-state index in [9.17, 15) is 21.6 Å². The van der Waals surface area contributed by atoms with Crippen molar-refractivity contribution in [1.82, 2.24) is 0 Å². The first-order valence-electron chi connectivity index (χ1n) is 11.3. The minimum absolute atomic E-state index is 0.0122. The van der Waals surface area contributed by atoms with Crippen molar-refractivity contribution in [3.05, 3.63) is 113 Å². The van der Waals surface area contributed by atoms with Crippen LogP contribution in [0.2, 0.25) is 5.02 Å². The Balaban J connectivity index is 1.49. The number of aryl methyl sites for hydroxylation is 2. The number of halogens is 1. The third-order valence-corrected chi connectivity index (χ3v) is 8.74. The molecule has 4 aromatic carbocycles. The molecule has 11 heteroatoms. The standard InChI is InChI=1S/C27H24ClN3O5S2/c1-18-6-9-22(10-7-18)30-37(33,34)24-13-11-21(12-14-24)29-27(32)20-8-15-25(28)26(17-20)38(35,36)31-23-5-3-4-19(2)16-23/h3-17,30-31H,1-2H3,(H,29,32). The summed E-state index contributed by atoms with van der Waals surface area (Å²) in [6.07, 6.45) is 0. The molecule has 0 radical (unpaired) electrons. The van der Waals surface area contributed by atoms with Crippen LogP contribution in [-0.2, 0) is 20.0 Å². The van der Waals surface area contributed by atoms with Crippen LogP contribution in [0.3, 0.4) is 0 Å². The van der Waals surface area contributed by atoms with Gasteiger partial charge >= 0.3 is 0 Å². The molecule has 0 aliphatic heterocycles. The number of hydrogen-bond donors (Lipinski definition) is 3. The Morgan fingerprint density at radius 2 is 1.29 bits per heavy atom. The second kappa shape index (κ2) is 10.9. The van der Waals surface area contributed by atoms with E-state index in [0.717, 1.165) is 11.1 Å². The van der Waals surface area contributed by atoms with E-state index in [1.165, 1.54) is 42.5 Å². The molecule has 196 valence electrons. The number of hydrogen-bond acceptors (Lipinski definition) is 5. The van der Waals surface area contributed by atoms with E-state index in [1.807, 2.05) is 19.9 Å². The highest BCUT2D eigenvalue weighted by Gasteiger charge is 2.21. The van der Waals surface area contributed by atoms with Gasteiger partial charge in [-0.15, -0.1) is 0 Å². The van der Waals surface area contributed by atoms with Crippen molar-refractivity contribution in [3.63, 3.8) is 0 Å². The Morgan fingerprint density at radius 1 is 0.658 bits per heavy atom. The Labute approximate surface area is 226 Å². The third-order valence-electron chi connectivity index (χ3n) is 5.48. The van der Waals surface area contributed by atoms with Gasteiger partial charge in [0.1, 0.15) is 4.90 Å². The van der Waals surface area contributed by atoms with Crippen LogP contribution < -0.4 is 14.8 Å². The Bertz CT molecular complexity index is 1700. The van der Waals surface area contributed by atoms with Gasteiger partial charge in [-0.1, -0.05) is 41.4 Å². The normalized spacial score (nSPS) is 11.6. The molecule has 0 atom stereocenters. The number of carbonyl (C=O) groups is 1. The fourth-order valence-corrected chi connectivity index (χ4v) is 6.16. The van der Waals surface area contributed by atoms with E-state index in [0.29, 0.717) is 17.1 Å². The van der Waals surface area contributed by atoms with E-state index in [-0.39, 0.29) is 20.4 Å². The number of sulfonamides is 2. The second-order valence-electron chi connectivity index (χ2n) is 8.57. The van der Waals surface area contributed by atoms with E-state index >= 15 is 0 Å². The molecule has 0 aromatic heterocycles. The maximum Gasteiger partial charge on any atom is 0.263 e. The average molecular weight is 570 g/mol. The van der Waals surface area contributed by atoms with Crippen molar-refractivity contribution in [2.24, 2.45) is 0 Å². The number of nitrogens with one attached hydrogen (secondary N) is 3. The minimum atomic E-state index is -4.08. The summed E-state index contributed by atoms with van der Waals surface area (Å²) in [4.78, 5) is 12.6. The fourth-order valence-electron chi connectivity index (χ4n) is 3.53. The molecule has 0 aliphatic carbocycles. The Morgan fingerprint density at radius 3 is 1.95 bits per heavy atom. The van der Waals surface area contributed by atoms with E-state index < -0.39 is 26.0 Å². The highest BCUT2D eigenvalue weighted by molar-refractivity contribution is 7.93. The molecule has 0 bridgehead atoms. The van der Waals surface area contributed by atoms with E-state index in [4.69, 9.17) is 11.6 Å². The lowest BCUT2D eigenvalue weighted by atomic mass is 10.2. The van der Waals surface area contributed by atoms with Crippen molar-refractivity contribution in [3.8, 4) is 0 Å². The average Bonchev–Trinajstić information content (AvgIpc) is 2.85. The van der Waals surface area contributed by atoms with Crippen LogP contribution in [0.25, 0.3) is 0 Å². The van der Waals surface area contributed by atoms with Crippen LogP contribution in [0.1, 0.15) is 21.5 Å². The highest BCUT2D eigenvalue weighted by atomic mass is 35.5. The van der Waals surface area contributed by atoms with Crippen LogP contribution in [0.4, 0.5) is 17.1 Å². The number of carbonyl (C=O) groups excluding carboxylic acids is 1. The van der Waals surface area contributed by atoms with Crippen LogP contribution in [-0.4, -0.2) is 22.7 Å². The molecule has 0 spiro atoms. The number of amides is 1. The molecule has 38 heavy (non-hydrogen) atoms. The predicted molar refractivity (Wildman–Crippen MR) is 150 cm³/mol. The number of anilines is 3. The topological polar surface area (TPSA) is 121 Å². The van der Waals surface area contributed by atoms with Crippen LogP contribution in [0.5, 0.6) is 0 Å². The number of rotatable bonds is 8. The molecule has 1 amide bonds. The van der Waals surface area contributed by atoms with E-state index in [2.05, 4.69) is 14.8 Å². The summed E-state index contributed by atoms with van der Waals surface area (Å²) in [7, 11) is -7.91. The molecule has 0 saturated carbocycles.